The zero-order valence-electron chi connectivity index (χ0n) is 9.42. The van der Waals surface area contributed by atoms with Crippen molar-refractivity contribution in [2.75, 3.05) is 13.2 Å². The van der Waals surface area contributed by atoms with Gasteiger partial charge in [-0.25, -0.2) is 0 Å². The van der Waals surface area contributed by atoms with Crippen LogP contribution in [0.3, 0.4) is 0 Å². The molecule has 0 spiro atoms. The first-order chi connectivity index (χ1) is 8.27. The van der Waals surface area contributed by atoms with E-state index < -0.39 is 28.0 Å². The number of hydrogen-bond acceptors (Lipinski definition) is 3. The minimum Gasteiger partial charge on any atom is -0.389 e. The van der Waals surface area contributed by atoms with Crippen LogP contribution in [0.15, 0.2) is 9.40 Å². The minimum atomic E-state index is -4.75. The van der Waals surface area contributed by atoms with Gasteiger partial charge in [0.25, 0.3) is 5.56 Å². The number of aliphatic hydroxyl groups is 1. The summed E-state index contributed by atoms with van der Waals surface area (Å²) in [5.74, 6) is 0. The molecular weight excluding hydrogens is 321 g/mol. The Morgan fingerprint density at radius 2 is 2.17 bits per heavy atom. The maximum Gasteiger partial charge on any atom is 0.424 e. The number of nitrogens with one attached hydrogen (secondary N) is 1. The molecule has 0 amide bonds. The van der Waals surface area contributed by atoms with Crippen LogP contribution in [0.25, 0.3) is 0 Å². The Hall–Kier alpha value is -0.800. The number of aliphatic hydroxyl groups excluding tert-OH is 1. The molecule has 1 unspecified atom stereocenters. The highest BCUT2D eigenvalue weighted by Crippen LogP contribution is 2.32. The van der Waals surface area contributed by atoms with Gasteiger partial charge in [0.1, 0.15) is 4.60 Å². The maximum absolute atomic E-state index is 12.5. The van der Waals surface area contributed by atoms with Crippen LogP contribution in [0.4, 0.5) is 13.2 Å². The third kappa shape index (κ3) is 3.59. The number of halogens is 4. The van der Waals surface area contributed by atoms with Crippen molar-refractivity contribution in [1.82, 2.24) is 9.78 Å². The minimum absolute atomic E-state index is 0.0233. The predicted octanol–water partition coefficient (Wildman–Crippen LogP) is 1.36. The lowest BCUT2D eigenvalue weighted by Crippen LogP contribution is -2.23. The molecule has 104 valence electrons. The van der Waals surface area contributed by atoms with Gasteiger partial charge in [0.2, 0.25) is 0 Å². The van der Waals surface area contributed by atoms with Crippen LogP contribution in [0.2, 0.25) is 0 Å². The number of aromatic amines is 1. The van der Waals surface area contributed by atoms with Gasteiger partial charge in [0.15, 0.2) is 5.56 Å². The summed E-state index contributed by atoms with van der Waals surface area (Å²) in [5.41, 5.74) is -2.57. The molecular formula is C9H12BrF3N2O3. The van der Waals surface area contributed by atoms with Crippen molar-refractivity contribution < 1.29 is 23.0 Å². The van der Waals surface area contributed by atoms with Crippen LogP contribution >= 0.6 is 15.9 Å². The van der Waals surface area contributed by atoms with Gasteiger partial charge in [-0.2, -0.15) is 13.2 Å². The second-order valence-corrected chi connectivity index (χ2v) is 4.28. The molecule has 1 atom stereocenters. The summed E-state index contributed by atoms with van der Waals surface area (Å²) in [7, 11) is 0. The average Bonchev–Trinajstić information content (AvgIpc) is 2.50. The molecule has 18 heavy (non-hydrogen) atoms. The van der Waals surface area contributed by atoms with Gasteiger partial charge >= 0.3 is 6.18 Å². The average molecular weight is 333 g/mol. The van der Waals surface area contributed by atoms with Gasteiger partial charge in [-0.05, 0) is 22.9 Å². The second-order valence-electron chi connectivity index (χ2n) is 3.53. The monoisotopic (exact) mass is 332 g/mol. The Morgan fingerprint density at radius 1 is 1.56 bits per heavy atom. The summed E-state index contributed by atoms with van der Waals surface area (Å²) >= 11 is 2.69. The predicted molar refractivity (Wildman–Crippen MR) is 60.3 cm³/mol. The highest BCUT2D eigenvalue weighted by Gasteiger charge is 2.38. The fourth-order valence-corrected chi connectivity index (χ4v) is 1.98. The van der Waals surface area contributed by atoms with Gasteiger partial charge < -0.3 is 9.84 Å². The Balaban J connectivity index is 2.90. The molecule has 0 aliphatic carbocycles. The molecule has 0 bridgehead atoms. The van der Waals surface area contributed by atoms with Crippen molar-refractivity contribution in [1.29, 1.82) is 0 Å². The largest absolute Gasteiger partial charge is 0.424 e. The summed E-state index contributed by atoms with van der Waals surface area (Å²) in [6.45, 7) is 1.88. The molecule has 1 aromatic rings. The first-order valence-corrected chi connectivity index (χ1v) is 5.88. The molecule has 0 fully saturated rings. The van der Waals surface area contributed by atoms with Crippen LogP contribution in [-0.2, 0) is 17.5 Å². The first-order valence-electron chi connectivity index (χ1n) is 5.08. The third-order valence-corrected chi connectivity index (χ3v) is 2.92. The summed E-state index contributed by atoms with van der Waals surface area (Å²) < 4.78 is 42.9. The van der Waals surface area contributed by atoms with Crippen molar-refractivity contribution in [2.24, 2.45) is 0 Å². The van der Waals surface area contributed by atoms with E-state index in [0.29, 0.717) is 6.61 Å². The lowest BCUT2D eigenvalue weighted by molar-refractivity contribution is -0.139. The normalized spacial score (nSPS) is 13.9. The second kappa shape index (κ2) is 5.89. The zero-order valence-corrected chi connectivity index (χ0v) is 11.0. The molecule has 1 rings (SSSR count). The molecule has 1 heterocycles. The number of ether oxygens (including phenoxy) is 1. The first kappa shape index (κ1) is 15.3. The van der Waals surface area contributed by atoms with E-state index in [0.717, 1.165) is 4.68 Å². The topological polar surface area (TPSA) is 67.2 Å². The zero-order chi connectivity index (χ0) is 13.9. The Labute approximate surface area is 109 Å². The lowest BCUT2D eigenvalue weighted by atomic mass is 10.3. The quantitative estimate of drug-likeness (QED) is 0.855. The van der Waals surface area contributed by atoms with Crippen molar-refractivity contribution >= 4 is 15.9 Å². The number of aromatic nitrogens is 2. The fourth-order valence-electron chi connectivity index (χ4n) is 1.35. The fraction of sp³-hybridized carbons (Fsp3) is 0.667. The summed E-state index contributed by atoms with van der Waals surface area (Å²) in [6, 6.07) is 0. The van der Waals surface area contributed by atoms with Gasteiger partial charge in [0.05, 0.1) is 19.3 Å². The van der Waals surface area contributed by atoms with Crippen LogP contribution in [-0.4, -0.2) is 34.2 Å². The molecule has 9 heteroatoms. The standard InChI is InChI=1S/C9H12BrF3N2O3/c1-2-18-4-5(16)3-15-7(10)6(8(17)14-15)9(11,12)13/h5,16H,2-4H2,1H3,(H,14,17). The van der Waals surface area contributed by atoms with E-state index in [-0.39, 0.29) is 13.2 Å². The van der Waals surface area contributed by atoms with Gasteiger partial charge in [-0.15, -0.1) is 0 Å². The van der Waals surface area contributed by atoms with E-state index in [4.69, 9.17) is 4.74 Å². The highest BCUT2D eigenvalue weighted by molar-refractivity contribution is 9.10. The van der Waals surface area contributed by atoms with E-state index in [1.807, 2.05) is 5.10 Å². The van der Waals surface area contributed by atoms with Crippen LogP contribution < -0.4 is 5.56 Å². The molecule has 0 aromatic carbocycles. The van der Waals surface area contributed by atoms with E-state index in [9.17, 15) is 23.1 Å². The summed E-state index contributed by atoms with van der Waals surface area (Å²) in [5, 5.41) is 11.5. The SMILES string of the molecule is CCOCC(O)Cn1[nH]c(=O)c(C(F)(F)F)c1Br. The van der Waals surface area contributed by atoms with Gasteiger partial charge in [-0.1, -0.05) is 0 Å². The van der Waals surface area contributed by atoms with Crippen LogP contribution in [0.1, 0.15) is 12.5 Å². The molecule has 5 nitrogen and oxygen atoms in total. The van der Waals surface area contributed by atoms with Crippen molar-refractivity contribution in [3.8, 4) is 0 Å². The number of nitrogens with zero attached hydrogens (tertiary/aromatic N) is 1. The highest BCUT2D eigenvalue weighted by atomic mass is 79.9. The molecule has 2 N–H and O–H groups in total. The molecule has 0 saturated heterocycles. The molecule has 0 aliphatic rings. The van der Waals surface area contributed by atoms with Crippen LogP contribution in [0.5, 0.6) is 0 Å². The third-order valence-electron chi connectivity index (χ3n) is 2.10. The van der Waals surface area contributed by atoms with E-state index in [1.165, 1.54) is 0 Å². The summed E-state index contributed by atoms with van der Waals surface area (Å²) in [4.78, 5) is 11.2. The van der Waals surface area contributed by atoms with Crippen molar-refractivity contribution in [2.45, 2.75) is 25.7 Å². The van der Waals surface area contributed by atoms with Crippen molar-refractivity contribution in [3.05, 3.63) is 20.5 Å². The number of rotatable bonds is 5. The number of alkyl halides is 3. The molecule has 0 radical (unpaired) electrons. The van der Waals surface area contributed by atoms with Gasteiger partial charge in [-0.3, -0.25) is 14.6 Å². The smallest absolute Gasteiger partial charge is 0.389 e. The Kier molecular flexibility index (Phi) is 5.00. The summed E-state index contributed by atoms with van der Waals surface area (Å²) in [6.07, 6.45) is -5.76. The molecule has 1 aromatic heterocycles. The Bertz CT molecular complexity index is 455. The Morgan fingerprint density at radius 3 is 2.61 bits per heavy atom. The maximum atomic E-state index is 12.5. The molecule has 0 saturated carbocycles. The van der Waals surface area contributed by atoms with E-state index in [2.05, 4.69) is 15.9 Å². The van der Waals surface area contributed by atoms with Crippen molar-refractivity contribution in [3.63, 3.8) is 0 Å². The van der Waals surface area contributed by atoms with E-state index in [1.54, 1.807) is 6.92 Å². The van der Waals surface area contributed by atoms with Crippen LogP contribution in [0, 0.1) is 0 Å². The number of H-pyrrole nitrogens is 1. The lowest BCUT2D eigenvalue weighted by Gasteiger charge is -2.12. The molecule has 0 aliphatic heterocycles. The van der Waals surface area contributed by atoms with Gasteiger partial charge in [0, 0.05) is 6.61 Å². The van der Waals surface area contributed by atoms with E-state index >= 15 is 0 Å². The number of hydrogen-bond donors (Lipinski definition) is 2.